The first-order valence-electron chi connectivity index (χ1n) is 10.2. The Hall–Kier alpha value is -3.51. The number of nitrogens with two attached hydrogens (primary N) is 1. The second-order valence-electron chi connectivity index (χ2n) is 7.76. The Morgan fingerprint density at radius 3 is 2.30 bits per heavy atom. The Morgan fingerprint density at radius 1 is 1.09 bits per heavy atom. The van der Waals surface area contributed by atoms with Gasteiger partial charge in [0.15, 0.2) is 0 Å². The third-order valence-electron chi connectivity index (χ3n) is 5.71. The Morgan fingerprint density at radius 2 is 1.73 bits per heavy atom. The van der Waals surface area contributed by atoms with Crippen LogP contribution in [0.4, 0.5) is 4.39 Å². The van der Waals surface area contributed by atoms with Crippen LogP contribution in [-0.2, 0) is 17.1 Å². The van der Waals surface area contributed by atoms with Crippen molar-refractivity contribution < 1.29 is 22.4 Å². The number of hydrogen-bond donors (Lipinski definition) is 1. The van der Waals surface area contributed by atoms with E-state index in [9.17, 15) is 22.4 Å². The van der Waals surface area contributed by atoms with Gasteiger partial charge >= 0.3 is 0 Å². The SMILES string of the molecule is Cc1c(C(=O)N2CCN(S(=O)(=O)c3cc(C(N)=O)n(C)c3)CC2)cnn1-c1ccc(F)cc1. The van der Waals surface area contributed by atoms with E-state index in [1.165, 1.54) is 39.5 Å². The topological polar surface area (TPSA) is 124 Å². The minimum atomic E-state index is -3.83. The molecule has 3 aromatic rings. The zero-order valence-electron chi connectivity index (χ0n) is 18.1. The summed E-state index contributed by atoms with van der Waals surface area (Å²) in [5.74, 6) is -1.34. The van der Waals surface area contributed by atoms with Crippen LogP contribution in [0.5, 0.6) is 0 Å². The van der Waals surface area contributed by atoms with Crippen molar-refractivity contribution >= 4 is 21.8 Å². The monoisotopic (exact) mass is 474 g/mol. The number of halogens is 1. The van der Waals surface area contributed by atoms with Crippen LogP contribution in [0.25, 0.3) is 5.69 Å². The summed E-state index contributed by atoms with van der Waals surface area (Å²) >= 11 is 0. The quantitative estimate of drug-likeness (QED) is 0.589. The molecule has 1 saturated heterocycles. The molecule has 0 spiro atoms. The Bertz CT molecular complexity index is 1320. The van der Waals surface area contributed by atoms with E-state index in [0.717, 1.165) is 0 Å². The van der Waals surface area contributed by atoms with E-state index < -0.39 is 15.9 Å². The largest absolute Gasteiger partial charge is 0.364 e. The number of amides is 2. The van der Waals surface area contributed by atoms with Gasteiger partial charge in [0.1, 0.15) is 16.4 Å². The van der Waals surface area contributed by atoms with E-state index in [1.807, 2.05) is 0 Å². The molecule has 1 aliphatic heterocycles. The van der Waals surface area contributed by atoms with E-state index in [2.05, 4.69) is 5.10 Å². The molecular weight excluding hydrogens is 451 g/mol. The van der Waals surface area contributed by atoms with Gasteiger partial charge in [-0.25, -0.2) is 17.5 Å². The van der Waals surface area contributed by atoms with Crippen LogP contribution in [0.3, 0.4) is 0 Å². The number of hydrogen-bond acceptors (Lipinski definition) is 5. The highest BCUT2D eigenvalue weighted by atomic mass is 32.2. The molecule has 33 heavy (non-hydrogen) atoms. The second-order valence-corrected chi connectivity index (χ2v) is 9.70. The first-order valence-corrected chi connectivity index (χ1v) is 11.6. The molecule has 4 rings (SSSR count). The number of aryl methyl sites for hydroxylation is 1. The van der Waals surface area contributed by atoms with E-state index in [-0.39, 0.29) is 48.5 Å². The van der Waals surface area contributed by atoms with Gasteiger partial charge in [0.25, 0.3) is 11.8 Å². The van der Waals surface area contributed by atoms with Crippen LogP contribution in [0.2, 0.25) is 0 Å². The average molecular weight is 475 g/mol. The van der Waals surface area contributed by atoms with Crippen molar-refractivity contribution in [1.82, 2.24) is 23.6 Å². The van der Waals surface area contributed by atoms with Crippen molar-refractivity contribution in [2.45, 2.75) is 11.8 Å². The van der Waals surface area contributed by atoms with E-state index in [0.29, 0.717) is 16.9 Å². The molecule has 3 heterocycles. The van der Waals surface area contributed by atoms with Crippen LogP contribution < -0.4 is 5.73 Å². The predicted octanol–water partition coefficient (Wildman–Crippen LogP) is 0.904. The van der Waals surface area contributed by atoms with Gasteiger partial charge in [0, 0.05) is 39.4 Å². The lowest BCUT2D eigenvalue weighted by molar-refractivity contribution is 0.0697. The second kappa shape index (κ2) is 8.45. The fourth-order valence-electron chi connectivity index (χ4n) is 3.83. The molecule has 0 unspecified atom stereocenters. The summed E-state index contributed by atoms with van der Waals surface area (Å²) in [7, 11) is -2.29. The first-order chi connectivity index (χ1) is 15.6. The molecule has 0 bridgehead atoms. The molecular formula is C21H23FN6O4S. The number of piperazine rings is 1. The lowest BCUT2D eigenvalue weighted by Crippen LogP contribution is -2.50. The maximum absolute atomic E-state index is 13.2. The van der Waals surface area contributed by atoms with Crippen LogP contribution in [0.1, 0.15) is 26.5 Å². The molecule has 1 aromatic carbocycles. The molecule has 1 aliphatic rings. The third-order valence-corrected chi connectivity index (χ3v) is 7.57. The summed E-state index contributed by atoms with van der Waals surface area (Å²) in [4.78, 5) is 26.1. The number of aromatic nitrogens is 3. The lowest BCUT2D eigenvalue weighted by atomic mass is 10.2. The highest BCUT2D eigenvalue weighted by Crippen LogP contribution is 2.22. The van der Waals surface area contributed by atoms with Gasteiger partial charge in [-0.1, -0.05) is 0 Å². The molecule has 0 atom stereocenters. The highest BCUT2D eigenvalue weighted by molar-refractivity contribution is 7.89. The van der Waals surface area contributed by atoms with Crippen molar-refractivity contribution in [3.05, 3.63) is 65.5 Å². The predicted molar refractivity (Wildman–Crippen MR) is 117 cm³/mol. The van der Waals surface area contributed by atoms with Gasteiger partial charge in [-0.2, -0.15) is 9.40 Å². The van der Waals surface area contributed by atoms with Gasteiger partial charge in [-0.05, 0) is 37.3 Å². The van der Waals surface area contributed by atoms with E-state index in [1.54, 1.807) is 35.7 Å². The van der Waals surface area contributed by atoms with E-state index >= 15 is 0 Å². The molecule has 2 N–H and O–H groups in total. The van der Waals surface area contributed by atoms with Gasteiger partial charge < -0.3 is 15.2 Å². The lowest BCUT2D eigenvalue weighted by Gasteiger charge is -2.33. The molecule has 0 aliphatic carbocycles. The molecule has 0 saturated carbocycles. The number of benzene rings is 1. The molecule has 12 heteroatoms. The van der Waals surface area contributed by atoms with Crippen molar-refractivity contribution in [3.8, 4) is 5.69 Å². The minimum Gasteiger partial charge on any atom is -0.364 e. The van der Waals surface area contributed by atoms with Gasteiger partial charge in [0.05, 0.1) is 23.1 Å². The van der Waals surface area contributed by atoms with Crippen LogP contribution in [0, 0.1) is 12.7 Å². The standard InChI is InChI=1S/C21H23FN6O4S/c1-14-18(12-24-28(14)16-5-3-15(22)4-6-16)21(30)26-7-9-27(10-8-26)33(31,32)17-11-19(20(23)29)25(2)13-17/h3-6,11-13H,7-10H2,1-2H3,(H2,23,29). The normalized spacial score (nSPS) is 15.1. The number of carbonyl (C=O) groups is 2. The fourth-order valence-corrected chi connectivity index (χ4v) is 5.33. The maximum atomic E-state index is 13.2. The third kappa shape index (κ3) is 4.14. The summed E-state index contributed by atoms with van der Waals surface area (Å²) in [6.07, 6.45) is 2.81. The summed E-state index contributed by atoms with van der Waals surface area (Å²) in [6, 6.07) is 7.02. The molecule has 2 amide bonds. The van der Waals surface area contributed by atoms with Crippen LogP contribution in [0.15, 0.2) is 47.6 Å². The average Bonchev–Trinajstić information content (AvgIpc) is 3.37. The summed E-state index contributed by atoms with van der Waals surface area (Å²) < 4.78 is 43.4. The van der Waals surface area contributed by atoms with Crippen molar-refractivity contribution in [1.29, 1.82) is 0 Å². The molecule has 1 fully saturated rings. The molecule has 2 aromatic heterocycles. The van der Waals surface area contributed by atoms with E-state index in [4.69, 9.17) is 5.73 Å². The minimum absolute atomic E-state index is 0.0185. The fraction of sp³-hybridized carbons (Fsp3) is 0.286. The summed E-state index contributed by atoms with van der Waals surface area (Å²) in [5, 5.41) is 4.25. The number of carbonyl (C=O) groups excluding carboxylic acids is 2. The van der Waals surface area contributed by atoms with Gasteiger partial charge in [0.2, 0.25) is 10.0 Å². The Kier molecular flexibility index (Phi) is 5.80. The molecule has 174 valence electrons. The first kappa shape index (κ1) is 22.7. The number of nitrogens with zero attached hydrogens (tertiary/aromatic N) is 5. The van der Waals surface area contributed by atoms with Crippen LogP contribution >= 0.6 is 0 Å². The van der Waals surface area contributed by atoms with Crippen LogP contribution in [-0.4, -0.2) is 70.0 Å². The van der Waals surface area contributed by atoms with Crippen molar-refractivity contribution in [3.63, 3.8) is 0 Å². The molecule has 0 radical (unpaired) electrons. The van der Waals surface area contributed by atoms with Crippen molar-refractivity contribution in [2.24, 2.45) is 12.8 Å². The number of rotatable bonds is 5. The molecule has 10 nitrogen and oxygen atoms in total. The number of sulfonamides is 1. The highest BCUT2D eigenvalue weighted by Gasteiger charge is 2.32. The number of primary amides is 1. The zero-order valence-corrected chi connectivity index (χ0v) is 18.9. The van der Waals surface area contributed by atoms with Gasteiger partial charge in [-0.3, -0.25) is 9.59 Å². The zero-order chi connectivity index (χ0) is 23.9. The maximum Gasteiger partial charge on any atom is 0.265 e. The smallest absolute Gasteiger partial charge is 0.265 e. The Labute approximate surface area is 190 Å². The van der Waals surface area contributed by atoms with Crippen molar-refractivity contribution in [2.75, 3.05) is 26.2 Å². The Balaban J connectivity index is 1.47. The van der Waals surface area contributed by atoms with Gasteiger partial charge in [-0.15, -0.1) is 0 Å². The summed E-state index contributed by atoms with van der Waals surface area (Å²) in [6.45, 7) is 2.37. The summed E-state index contributed by atoms with van der Waals surface area (Å²) in [5.41, 5.74) is 6.99.